The number of aromatic nitrogens is 1. The quantitative estimate of drug-likeness (QED) is 0.867. The molecule has 0 bridgehead atoms. The number of nitrogens with zero attached hydrogens (tertiary/aromatic N) is 1. The van der Waals surface area contributed by atoms with E-state index in [-0.39, 0.29) is 5.91 Å². The molecule has 1 aliphatic carbocycles. The van der Waals surface area contributed by atoms with Crippen LogP contribution >= 0.6 is 27.3 Å². The van der Waals surface area contributed by atoms with Gasteiger partial charge in [0.05, 0.1) is 21.2 Å². The minimum atomic E-state index is -0.109. The van der Waals surface area contributed by atoms with Crippen LogP contribution in [0, 0.1) is 0 Å². The first kappa shape index (κ1) is 13.6. The summed E-state index contributed by atoms with van der Waals surface area (Å²) in [5.41, 5.74) is 7.52. The number of aryl methyl sites for hydroxylation is 2. The molecule has 0 aromatic carbocycles. The number of pyridine rings is 1. The molecule has 0 atom stereocenters. The molecule has 2 heterocycles. The van der Waals surface area contributed by atoms with Gasteiger partial charge in [-0.15, -0.1) is 11.3 Å². The van der Waals surface area contributed by atoms with E-state index in [2.05, 4.69) is 26.2 Å². The molecular formula is C14H14BrN3OS. The third kappa shape index (κ3) is 2.71. The molecule has 2 aromatic rings. The Morgan fingerprint density at radius 3 is 2.90 bits per heavy atom. The summed E-state index contributed by atoms with van der Waals surface area (Å²) in [5.74, 6) is 0.387. The van der Waals surface area contributed by atoms with Crippen molar-refractivity contribution in [2.24, 2.45) is 0 Å². The van der Waals surface area contributed by atoms with Gasteiger partial charge in [-0.25, -0.2) is 4.98 Å². The molecule has 20 heavy (non-hydrogen) atoms. The maximum atomic E-state index is 12.3. The highest BCUT2D eigenvalue weighted by atomic mass is 79.9. The van der Waals surface area contributed by atoms with E-state index in [1.165, 1.54) is 29.5 Å². The van der Waals surface area contributed by atoms with E-state index in [1.807, 2.05) is 6.07 Å². The van der Waals surface area contributed by atoms with Crippen molar-refractivity contribution in [3.05, 3.63) is 38.1 Å². The predicted molar refractivity (Wildman–Crippen MR) is 85.3 cm³/mol. The number of rotatable bonds is 2. The summed E-state index contributed by atoms with van der Waals surface area (Å²) in [4.78, 5) is 18.5. The lowest BCUT2D eigenvalue weighted by molar-refractivity contribution is 0.103. The number of halogens is 1. The summed E-state index contributed by atoms with van der Waals surface area (Å²) in [7, 11) is 0. The molecule has 104 valence electrons. The standard InChI is InChI=1S/C14H14BrN3OS/c15-10-6-9(16)7-17-13(10)18-14(19)12-5-8-3-1-2-4-11(8)20-12/h5-7H,1-4,16H2,(H,17,18,19). The maximum absolute atomic E-state index is 12.3. The predicted octanol–water partition coefficient (Wildman–Crippen LogP) is 3.62. The highest BCUT2D eigenvalue weighted by Crippen LogP contribution is 2.30. The molecule has 0 aliphatic heterocycles. The Morgan fingerprint density at radius 1 is 1.35 bits per heavy atom. The fourth-order valence-electron chi connectivity index (χ4n) is 2.32. The molecule has 1 aliphatic rings. The van der Waals surface area contributed by atoms with Crippen LogP contribution in [0.2, 0.25) is 0 Å². The number of amides is 1. The van der Waals surface area contributed by atoms with Crippen molar-refractivity contribution < 1.29 is 4.79 Å². The molecule has 0 saturated heterocycles. The number of nitrogen functional groups attached to an aromatic ring is 1. The lowest BCUT2D eigenvalue weighted by atomic mass is 9.99. The summed E-state index contributed by atoms with van der Waals surface area (Å²) in [6.07, 6.45) is 6.15. The van der Waals surface area contributed by atoms with Gasteiger partial charge in [-0.05, 0) is 59.3 Å². The first-order chi connectivity index (χ1) is 9.63. The zero-order valence-electron chi connectivity index (χ0n) is 10.8. The summed E-state index contributed by atoms with van der Waals surface area (Å²) in [5, 5.41) is 2.82. The first-order valence-corrected chi connectivity index (χ1v) is 8.08. The van der Waals surface area contributed by atoms with Crippen molar-refractivity contribution in [1.82, 2.24) is 4.98 Å². The van der Waals surface area contributed by atoms with Crippen LogP contribution in [0.25, 0.3) is 0 Å². The number of anilines is 2. The molecular weight excluding hydrogens is 338 g/mol. The molecule has 0 radical (unpaired) electrons. The molecule has 3 rings (SSSR count). The van der Waals surface area contributed by atoms with Crippen molar-refractivity contribution in [3.8, 4) is 0 Å². The number of hydrogen-bond donors (Lipinski definition) is 2. The smallest absolute Gasteiger partial charge is 0.266 e. The fourth-order valence-corrected chi connectivity index (χ4v) is 3.93. The molecule has 0 fully saturated rings. The number of nitrogens with one attached hydrogen (secondary N) is 1. The zero-order chi connectivity index (χ0) is 14.1. The molecule has 2 aromatic heterocycles. The van der Waals surface area contributed by atoms with Gasteiger partial charge >= 0.3 is 0 Å². The first-order valence-electron chi connectivity index (χ1n) is 6.47. The van der Waals surface area contributed by atoms with Crippen molar-refractivity contribution in [1.29, 1.82) is 0 Å². The van der Waals surface area contributed by atoms with Gasteiger partial charge in [0.15, 0.2) is 0 Å². The highest BCUT2D eigenvalue weighted by Gasteiger charge is 2.18. The Balaban J connectivity index is 1.80. The molecule has 1 amide bonds. The van der Waals surface area contributed by atoms with Crippen LogP contribution in [-0.2, 0) is 12.8 Å². The van der Waals surface area contributed by atoms with E-state index in [0.29, 0.717) is 16.0 Å². The van der Waals surface area contributed by atoms with Crippen molar-refractivity contribution in [2.75, 3.05) is 11.1 Å². The van der Waals surface area contributed by atoms with Gasteiger partial charge in [0.2, 0.25) is 0 Å². The number of carbonyl (C=O) groups excluding carboxylic acids is 1. The molecule has 0 unspecified atom stereocenters. The second-order valence-corrected chi connectivity index (χ2v) is 6.81. The average Bonchev–Trinajstić information content (AvgIpc) is 2.86. The minimum Gasteiger partial charge on any atom is -0.397 e. The largest absolute Gasteiger partial charge is 0.397 e. The second kappa shape index (κ2) is 5.54. The third-order valence-corrected chi connectivity index (χ3v) is 5.16. The number of carbonyl (C=O) groups is 1. The lowest BCUT2D eigenvalue weighted by Gasteiger charge is -2.08. The lowest BCUT2D eigenvalue weighted by Crippen LogP contribution is -2.12. The summed E-state index contributed by atoms with van der Waals surface area (Å²) in [6.45, 7) is 0. The Kier molecular flexibility index (Phi) is 3.76. The van der Waals surface area contributed by atoms with E-state index in [9.17, 15) is 4.79 Å². The summed E-state index contributed by atoms with van der Waals surface area (Å²) in [6, 6.07) is 3.74. The third-order valence-electron chi connectivity index (χ3n) is 3.31. The van der Waals surface area contributed by atoms with Gasteiger partial charge in [-0.2, -0.15) is 0 Å². The second-order valence-electron chi connectivity index (χ2n) is 4.82. The molecule has 0 saturated carbocycles. The van der Waals surface area contributed by atoms with Crippen LogP contribution in [-0.4, -0.2) is 10.9 Å². The summed E-state index contributed by atoms with van der Waals surface area (Å²) >= 11 is 4.94. The van der Waals surface area contributed by atoms with Crippen molar-refractivity contribution >= 4 is 44.7 Å². The molecule has 4 nitrogen and oxygen atoms in total. The maximum Gasteiger partial charge on any atom is 0.266 e. The SMILES string of the molecule is Nc1cnc(NC(=O)c2cc3c(s2)CCCC3)c(Br)c1. The Bertz CT molecular complexity index is 645. The van der Waals surface area contributed by atoms with Gasteiger partial charge < -0.3 is 11.1 Å². The van der Waals surface area contributed by atoms with Crippen LogP contribution in [0.3, 0.4) is 0 Å². The summed E-state index contributed by atoms with van der Waals surface area (Å²) < 4.78 is 0.687. The van der Waals surface area contributed by atoms with E-state index in [0.717, 1.165) is 17.7 Å². The van der Waals surface area contributed by atoms with Crippen LogP contribution < -0.4 is 11.1 Å². The Hall–Kier alpha value is -1.40. The van der Waals surface area contributed by atoms with Gasteiger partial charge in [0.25, 0.3) is 5.91 Å². The van der Waals surface area contributed by atoms with Crippen LogP contribution in [0.1, 0.15) is 33.0 Å². The van der Waals surface area contributed by atoms with E-state index >= 15 is 0 Å². The van der Waals surface area contributed by atoms with E-state index in [4.69, 9.17) is 5.73 Å². The van der Waals surface area contributed by atoms with Gasteiger partial charge in [-0.1, -0.05) is 0 Å². The molecule has 0 spiro atoms. The average molecular weight is 352 g/mol. The number of nitrogens with two attached hydrogens (primary N) is 1. The van der Waals surface area contributed by atoms with Crippen molar-refractivity contribution in [3.63, 3.8) is 0 Å². The van der Waals surface area contributed by atoms with Gasteiger partial charge in [0.1, 0.15) is 5.82 Å². The number of fused-ring (bicyclic) bond motifs is 1. The normalized spacial score (nSPS) is 13.8. The van der Waals surface area contributed by atoms with Crippen LogP contribution in [0.5, 0.6) is 0 Å². The topological polar surface area (TPSA) is 68.0 Å². The minimum absolute atomic E-state index is 0.109. The van der Waals surface area contributed by atoms with E-state index in [1.54, 1.807) is 17.4 Å². The monoisotopic (exact) mass is 351 g/mol. The fraction of sp³-hybridized carbons (Fsp3) is 0.286. The van der Waals surface area contributed by atoms with Gasteiger partial charge in [-0.3, -0.25) is 4.79 Å². The molecule has 3 N–H and O–H groups in total. The molecule has 6 heteroatoms. The number of hydrogen-bond acceptors (Lipinski definition) is 4. The Morgan fingerprint density at radius 2 is 2.15 bits per heavy atom. The van der Waals surface area contributed by atoms with E-state index < -0.39 is 0 Å². The highest BCUT2D eigenvalue weighted by molar-refractivity contribution is 9.10. The van der Waals surface area contributed by atoms with Crippen LogP contribution in [0.15, 0.2) is 22.8 Å². The van der Waals surface area contributed by atoms with Gasteiger partial charge in [0, 0.05) is 4.88 Å². The zero-order valence-corrected chi connectivity index (χ0v) is 13.2. The van der Waals surface area contributed by atoms with Crippen LogP contribution in [0.4, 0.5) is 11.5 Å². The Labute approximate surface area is 129 Å². The number of thiophene rings is 1. The van der Waals surface area contributed by atoms with Crippen molar-refractivity contribution in [2.45, 2.75) is 25.7 Å².